The Morgan fingerprint density at radius 1 is 1.12 bits per heavy atom. The smallest absolute Gasteiger partial charge is 0.248 e. The lowest BCUT2D eigenvalue weighted by molar-refractivity contribution is -0.111. The highest BCUT2D eigenvalue weighted by atomic mass is 35.5. The molecule has 2 N–H and O–H groups in total. The minimum absolute atomic E-state index is 0.171. The first-order chi connectivity index (χ1) is 24.0. The SMILES string of the molecule is COCCN(C/C=C/C(=O)Nc1cc2c(Nc3ccc(OCc4ccccn4)c(Cl)c3)c(C#N)cnc2cc1OC1CCOC1)CCOC. The third-order valence-electron chi connectivity index (χ3n) is 7.69. The number of carbonyl (C=O) groups is 1. The van der Waals surface area contributed by atoms with Crippen LogP contribution < -0.4 is 20.1 Å². The van der Waals surface area contributed by atoms with E-state index < -0.39 is 0 Å². The Kier molecular flexibility index (Phi) is 13.1. The van der Waals surface area contributed by atoms with Crippen molar-refractivity contribution in [3.63, 3.8) is 0 Å². The Morgan fingerprint density at radius 2 is 1.96 bits per heavy atom. The van der Waals surface area contributed by atoms with E-state index in [-0.39, 0.29) is 18.6 Å². The molecule has 1 saturated heterocycles. The Morgan fingerprint density at radius 3 is 2.65 bits per heavy atom. The Labute approximate surface area is 290 Å². The predicted molar refractivity (Wildman–Crippen MR) is 188 cm³/mol. The van der Waals surface area contributed by atoms with Crippen LogP contribution in [0, 0.1) is 11.3 Å². The number of rotatable bonds is 17. The monoisotopic (exact) mass is 686 g/mol. The van der Waals surface area contributed by atoms with Crippen LogP contribution in [0.25, 0.3) is 10.9 Å². The Bertz CT molecular complexity index is 1770. The first-order valence-corrected chi connectivity index (χ1v) is 16.2. The van der Waals surface area contributed by atoms with Crippen LogP contribution in [0.2, 0.25) is 5.02 Å². The van der Waals surface area contributed by atoms with Crippen LogP contribution in [0.1, 0.15) is 17.7 Å². The Balaban J connectivity index is 1.40. The average Bonchev–Trinajstić information content (AvgIpc) is 3.63. The number of aromatic nitrogens is 2. The van der Waals surface area contributed by atoms with E-state index in [1.165, 1.54) is 12.3 Å². The van der Waals surface area contributed by atoms with Crippen molar-refractivity contribution in [2.24, 2.45) is 0 Å². The predicted octanol–water partition coefficient (Wildman–Crippen LogP) is 5.73. The van der Waals surface area contributed by atoms with Gasteiger partial charge < -0.3 is 34.3 Å². The number of carbonyl (C=O) groups excluding carboxylic acids is 1. The fraction of sp³-hybridized carbons (Fsp3) is 0.333. The number of nitriles is 1. The number of fused-ring (bicyclic) bond motifs is 1. The maximum absolute atomic E-state index is 13.2. The van der Waals surface area contributed by atoms with Crippen LogP contribution in [-0.4, -0.2) is 87.2 Å². The second kappa shape index (κ2) is 18.1. The highest BCUT2D eigenvalue weighted by Crippen LogP contribution is 2.38. The van der Waals surface area contributed by atoms with Crippen molar-refractivity contribution in [2.45, 2.75) is 19.1 Å². The molecule has 1 atom stereocenters. The molecule has 0 spiro atoms. The number of benzene rings is 2. The summed E-state index contributed by atoms with van der Waals surface area (Å²) in [7, 11) is 3.31. The molecule has 5 rings (SSSR count). The first kappa shape index (κ1) is 35.5. The molecule has 1 aliphatic rings. The zero-order chi connectivity index (χ0) is 34.4. The standard InChI is InChI=1S/C36H39ClN6O6/c1-45-16-13-43(14-17-46-2)12-5-7-35(44)42-32-19-29-31(20-34(32)49-28-10-15-47-24-28)40-22-25(21-38)36(29)41-26-8-9-33(30(37)18-26)48-23-27-6-3-4-11-39-27/h3-9,11,18-20,22,28H,10,12-17,23-24H2,1-2H3,(H,40,41)(H,42,44)/b7-5+. The van der Waals surface area contributed by atoms with Gasteiger partial charge in [0.15, 0.2) is 0 Å². The van der Waals surface area contributed by atoms with E-state index in [0.29, 0.717) is 96.1 Å². The third-order valence-corrected chi connectivity index (χ3v) is 7.98. The molecule has 256 valence electrons. The molecule has 13 heteroatoms. The number of anilines is 3. The van der Waals surface area contributed by atoms with E-state index in [9.17, 15) is 10.1 Å². The second-order valence-electron chi connectivity index (χ2n) is 11.2. The average molecular weight is 687 g/mol. The third kappa shape index (κ3) is 10.1. The van der Waals surface area contributed by atoms with E-state index in [1.54, 1.807) is 56.8 Å². The molecule has 4 aromatic rings. The van der Waals surface area contributed by atoms with Crippen LogP contribution in [0.5, 0.6) is 11.5 Å². The van der Waals surface area contributed by atoms with Crippen LogP contribution >= 0.6 is 11.6 Å². The van der Waals surface area contributed by atoms with Crippen molar-refractivity contribution < 1.29 is 28.5 Å². The van der Waals surface area contributed by atoms with E-state index in [0.717, 1.165) is 12.1 Å². The summed E-state index contributed by atoms with van der Waals surface area (Å²) >= 11 is 6.59. The lowest BCUT2D eigenvalue weighted by atomic mass is 10.1. The summed E-state index contributed by atoms with van der Waals surface area (Å²) < 4.78 is 28.1. The number of hydrogen-bond donors (Lipinski definition) is 2. The second-order valence-corrected chi connectivity index (χ2v) is 11.6. The molecular formula is C36H39ClN6O6. The maximum atomic E-state index is 13.2. The summed E-state index contributed by atoms with van der Waals surface area (Å²) in [5, 5.41) is 17.3. The molecule has 1 amide bonds. The van der Waals surface area contributed by atoms with Crippen molar-refractivity contribution in [1.29, 1.82) is 5.26 Å². The molecule has 0 aliphatic carbocycles. The topological polar surface area (TPSA) is 140 Å². The fourth-order valence-electron chi connectivity index (χ4n) is 5.11. The highest BCUT2D eigenvalue weighted by Gasteiger charge is 2.21. The maximum Gasteiger partial charge on any atom is 0.248 e. The van der Waals surface area contributed by atoms with Gasteiger partial charge in [-0.25, -0.2) is 0 Å². The van der Waals surface area contributed by atoms with Gasteiger partial charge in [-0.05, 0) is 36.4 Å². The van der Waals surface area contributed by atoms with Crippen molar-refractivity contribution >= 4 is 45.5 Å². The number of pyridine rings is 2. The minimum Gasteiger partial charge on any atom is -0.486 e. The summed E-state index contributed by atoms with van der Waals surface area (Å²) in [5.74, 6) is 0.610. The number of hydrogen-bond acceptors (Lipinski definition) is 11. The van der Waals surface area contributed by atoms with Crippen LogP contribution in [-0.2, 0) is 25.6 Å². The van der Waals surface area contributed by atoms with Crippen LogP contribution in [0.3, 0.4) is 0 Å². The molecule has 0 saturated carbocycles. The van der Waals surface area contributed by atoms with Gasteiger partial charge in [0, 0.05) is 75.9 Å². The number of halogens is 1. The largest absolute Gasteiger partial charge is 0.486 e. The first-order valence-electron chi connectivity index (χ1n) is 15.9. The molecule has 1 fully saturated rings. The normalized spacial score (nSPS) is 14.3. The highest BCUT2D eigenvalue weighted by molar-refractivity contribution is 6.32. The van der Waals surface area contributed by atoms with Gasteiger partial charge in [0.05, 0.1) is 59.6 Å². The van der Waals surface area contributed by atoms with E-state index in [1.807, 2.05) is 18.2 Å². The van der Waals surface area contributed by atoms with Gasteiger partial charge in [-0.3, -0.25) is 19.7 Å². The van der Waals surface area contributed by atoms with Crippen molar-refractivity contribution in [3.8, 4) is 17.6 Å². The molecule has 12 nitrogen and oxygen atoms in total. The number of ether oxygens (including phenoxy) is 5. The zero-order valence-corrected chi connectivity index (χ0v) is 28.2. The molecule has 0 radical (unpaired) electrons. The summed E-state index contributed by atoms with van der Waals surface area (Å²) in [6, 6.07) is 16.6. The molecular weight excluding hydrogens is 648 g/mol. The Hall–Kier alpha value is -4.77. The van der Waals surface area contributed by atoms with Gasteiger partial charge in [0.25, 0.3) is 0 Å². The summed E-state index contributed by atoms with van der Waals surface area (Å²) in [5.41, 5.74) is 3.21. The lowest BCUT2D eigenvalue weighted by Crippen LogP contribution is -2.31. The molecule has 49 heavy (non-hydrogen) atoms. The summed E-state index contributed by atoms with van der Waals surface area (Å²) in [4.78, 5) is 24.1. The summed E-state index contributed by atoms with van der Waals surface area (Å²) in [6.07, 6.45) is 7.04. The van der Waals surface area contributed by atoms with Gasteiger partial charge in [0.1, 0.15) is 30.3 Å². The molecule has 3 heterocycles. The summed E-state index contributed by atoms with van der Waals surface area (Å²) in [6.45, 7) is 4.39. The lowest BCUT2D eigenvalue weighted by Gasteiger charge is -2.20. The zero-order valence-electron chi connectivity index (χ0n) is 27.5. The molecule has 2 aromatic carbocycles. The van der Waals surface area contributed by atoms with Crippen molar-refractivity contribution in [1.82, 2.24) is 14.9 Å². The van der Waals surface area contributed by atoms with Gasteiger partial charge in [-0.15, -0.1) is 0 Å². The van der Waals surface area contributed by atoms with Crippen LogP contribution in [0.4, 0.5) is 17.1 Å². The van der Waals surface area contributed by atoms with Crippen molar-refractivity contribution in [2.75, 3.05) is 70.9 Å². The molecule has 1 aliphatic heterocycles. The van der Waals surface area contributed by atoms with Gasteiger partial charge >= 0.3 is 0 Å². The quantitative estimate of drug-likeness (QED) is 0.132. The number of nitrogens with one attached hydrogen (secondary N) is 2. The van der Waals surface area contributed by atoms with E-state index >= 15 is 0 Å². The van der Waals surface area contributed by atoms with Gasteiger partial charge in [-0.2, -0.15) is 5.26 Å². The molecule has 0 bridgehead atoms. The number of nitrogens with zero attached hydrogens (tertiary/aromatic N) is 4. The van der Waals surface area contributed by atoms with Crippen molar-refractivity contribution in [3.05, 3.63) is 89.4 Å². The van der Waals surface area contributed by atoms with E-state index in [4.69, 9.17) is 35.3 Å². The number of amides is 1. The minimum atomic E-state index is -0.336. The molecule has 1 unspecified atom stereocenters. The molecule has 2 aromatic heterocycles. The van der Waals surface area contributed by atoms with Gasteiger partial charge in [-0.1, -0.05) is 23.7 Å². The number of methoxy groups -OCH3 is 2. The fourth-order valence-corrected chi connectivity index (χ4v) is 5.35. The van der Waals surface area contributed by atoms with Crippen LogP contribution in [0.15, 0.2) is 73.1 Å². The van der Waals surface area contributed by atoms with Gasteiger partial charge in [0.2, 0.25) is 5.91 Å². The van der Waals surface area contributed by atoms with E-state index in [2.05, 4.69) is 31.6 Å².